The average Bonchev–Trinajstić information content (AvgIpc) is 3.30. The number of hydrogen-bond acceptors (Lipinski definition) is 6. The molecule has 3 aromatic heterocycles. The van der Waals surface area contributed by atoms with Gasteiger partial charge < -0.3 is 10.1 Å². The van der Waals surface area contributed by atoms with Crippen LogP contribution in [0.15, 0.2) is 18.3 Å². The van der Waals surface area contributed by atoms with Crippen molar-refractivity contribution in [1.29, 1.82) is 5.26 Å². The third-order valence-corrected chi connectivity index (χ3v) is 4.85. The maximum absolute atomic E-state index is 9.69. The molecule has 0 radical (unpaired) electrons. The Morgan fingerprint density at radius 2 is 2.19 bits per heavy atom. The average molecular weight is 351 g/mol. The molecule has 4 rings (SSSR count). The van der Waals surface area contributed by atoms with E-state index in [4.69, 9.17) is 9.72 Å². The predicted molar refractivity (Wildman–Crippen MR) is 96.3 cm³/mol. The number of H-pyrrole nitrogens is 2. The van der Waals surface area contributed by atoms with Crippen molar-refractivity contribution >= 4 is 11.0 Å². The van der Waals surface area contributed by atoms with Crippen molar-refractivity contribution in [2.75, 3.05) is 13.2 Å². The molecule has 2 atom stereocenters. The fraction of sp³-hybridized carbons (Fsp3) is 0.444. The Bertz CT molecular complexity index is 967. The molecular formula is C18H21N7O. The van der Waals surface area contributed by atoms with Gasteiger partial charge in [0.1, 0.15) is 23.0 Å². The predicted octanol–water partition coefficient (Wildman–Crippen LogP) is 2.20. The van der Waals surface area contributed by atoms with Crippen LogP contribution < -0.4 is 5.32 Å². The number of nitrogens with zero attached hydrogens (tertiary/aromatic N) is 4. The monoisotopic (exact) mass is 351 g/mol. The van der Waals surface area contributed by atoms with Crippen LogP contribution >= 0.6 is 0 Å². The highest BCUT2D eigenvalue weighted by Gasteiger charge is 2.31. The SMILES string of the molecule is CC1NCCOC1c1cc(C(C)(C)C#N)c2[nH]nc(-c3cc[nH]n3)c2n1. The second-order valence-electron chi connectivity index (χ2n) is 7.12. The van der Waals surface area contributed by atoms with Gasteiger partial charge in [-0.3, -0.25) is 10.2 Å². The van der Waals surface area contributed by atoms with E-state index in [1.807, 2.05) is 26.0 Å². The molecule has 2 unspecified atom stereocenters. The number of aromatic nitrogens is 5. The van der Waals surface area contributed by atoms with Crippen LogP contribution in [0.1, 0.15) is 38.1 Å². The van der Waals surface area contributed by atoms with Crippen molar-refractivity contribution < 1.29 is 4.74 Å². The van der Waals surface area contributed by atoms with Crippen LogP contribution in [0.5, 0.6) is 0 Å². The molecule has 4 heterocycles. The van der Waals surface area contributed by atoms with Crippen LogP contribution in [0.3, 0.4) is 0 Å². The number of pyridine rings is 1. The van der Waals surface area contributed by atoms with E-state index in [9.17, 15) is 5.26 Å². The van der Waals surface area contributed by atoms with Gasteiger partial charge >= 0.3 is 0 Å². The molecule has 0 aliphatic carbocycles. The molecule has 1 saturated heterocycles. The summed E-state index contributed by atoms with van der Waals surface area (Å²) in [5.74, 6) is 0. The van der Waals surface area contributed by atoms with E-state index >= 15 is 0 Å². The Kier molecular flexibility index (Phi) is 3.98. The van der Waals surface area contributed by atoms with Gasteiger partial charge in [-0.15, -0.1) is 0 Å². The number of nitriles is 1. The van der Waals surface area contributed by atoms with Gasteiger partial charge in [-0.25, -0.2) is 4.98 Å². The van der Waals surface area contributed by atoms with Crippen LogP contribution in [0.4, 0.5) is 0 Å². The molecule has 8 nitrogen and oxygen atoms in total. The molecule has 3 N–H and O–H groups in total. The maximum Gasteiger partial charge on any atom is 0.139 e. The Balaban J connectivity index is 1.96. The minimum Gasteiger partial charge on any atom is -0.369 e. The summed E-state index contributed by atoms with van der Waals surface area (Å²) in [6.07, 6.45) is 1.57. The van der Waals surface area contributed by atoms with Gasteiger partial charge in [-0.05, 0) is 32.9 Å². The number of morpholine rings is 1. The van der Waals surface area contributed by atoms with Crippen LogP contribution in [-0.2, 0) is 10.2 Å². The second kappa shape index (κ2) is 6.20. The Morgan fingerprint density at radius 1 is 1.35 bits per heavy atom. The lowest BCUT2D eigenvalue weighted by atomic mass is 9.84. The lowest BCUT2D eigenvalue weighted by Gasteiger charge is -2.30. The highest BCUT2D eigenvalue weighted by atomic mass is 16.5. The Morgan fingerprint density at radius 3 is 2.88 bits per heavy atom. The molecule has 0 saturated carbocycles. The first-order valence-corrected chi connectivity index (χ1v) is 8.67. The van der Waals surface area contributed by atoms with Crippen molar-refractivity contribution in [2.45, 2.75) is 38.3 Å². The van der Waals surface area contributed by atoms with Crippen LogP contribution in [0, 0.1) is 11.3 Å². The number of ether oxygens (including phenoxy) is 1. The summed E-state index contributed by atoms with van der Waals surface area (Å²) >= 11 is 0. The number of nitrogens with one attached hydrogen (secondary N) is 3. The molecule has 0 bridgehead atoms. The first-order valence-electron chi connectivity index (χ1n) is 8.67. The largest absolute Gasteiger partial charge is 0.369 e. The zero-order chi connectivity index (χ0) is 18.3. The smallest absolute Gasteiger partial charge is 0.139 e. The Labute approximate surface area is 151 Å². The third-order valence-electron chi connectivity index (χ3n) is 4.85. The summed E-state index contributed by atoms with van der Waals surface area (Å²) in [4.78, 5) is 4.85. The van der Waals surface area contributed by atoms with Gasteiger partial charge in [-0.1, -0.05) is 0 Å². The van der Waals surface area contributed by atoms with Crippen molar-refractivity contribution in [3.63, 3.8) is 0 Å². The molecule has 3 aromatic rings. The molecule has 1 aliphatic heterocycles. The van der Waals surface area contributed by atoms with E-state index in [0.717, 1.165) is 23.3 Å². The van der Waals surface area contributed by atoms with Gasteiger partial charge in [-0.2, -0.15) is 15.5 Å². The normalized spacial score (nSPS) is 21.0. The molecule has 0 amide bonds. The van der Waals surface area contributed by atoms with Crippen molar-refractivity contribution in [3.8, 4) is 17.5 Å². The fourth-order valence-corrected chi connectivity index (χ4v) is 3.35. The fourth-order valence-electron chi connectivity index (χ4n) is 3.35. The summed E-state index contributed by atoms with van der Waals surface area (Å²) in [6.45, 7) is 7.31. The Hall–Kier alpha value is -2.76. The van der Waals surface area contributed by atoms with Gasteiger partial charge in [0, 0.05) is 24.3 Å². The summed E-state index contributed by atoms with van der Waals surface area (Å²) in [5, 5.41) is 27.6. The molecule has 26 heavy (non-hydrogen) atoms. The van der Waals surface area contributed by atoms with Crippen molar-refractivity contribution in [2.24, 2.45) is 0 Å². The minimum absolute atomic E-state index is 0.132. The second-order valence-corrected chi connectivity index (χ2v) is 7.12. The van der Waals surface area contributed by atoms with Gasteiger partial charge in [0.05, 0.1) is 29.3 Å². The molecule has 1 fully saturated rings. The molecule has 0 aromatic carbocycles. The summed E-state index contributed by atoms with van der Waals surface area (Å²) in [6, 6.07) is 6.33. The van der Waals surface area contributed by atoms with E-state index in [1.165, 1.54) is 0 Å². The first-order chi connectivity index (χ1) is 12.5. The van der Waals surface area contributed by atoms with E-state index in [1.54, 1.807) is 6.20 Å². The molecule has 8 heteroatoms. The zero-order valence-electron chi connectivity index (χ0n) is 15.0. The highest BCUT2D eigenvalue weighted by Crippen LogP contribution is 2.35. The van der Waals surface area contributed by atoms with Gasteiger partial charge in [0.25, 0.3) is 0 Å². The van der Waals surface area contributed by atoms with Crippen LogP contribution in [0.2, 0.25) is 0 Å². The summed E-state index contributed by atoms with van der Waals surface area (Å²) < 4.78 is 5.97. The van der Waals surface area contributed by atoms with Crippen LogP contribution in [-0.4, -0.2) is 44.6 Å². The highest BCUT2D eigenvalue weighted by molar-refractivity contribution is 5.91. The number of hydrogen-bond donors (Lipinski definition) is 3. The standard InChI is InChI=1S/C18H21N7O/c1-10-17(26-7-6-20-10)13-8-11(18(2,3)9-19)14-16(22-13)15(25-24-14)12-4-5-21-23-12/h4-5,8,10,17,20H,6-7H2,1-3H3,(H,21,23)(H,24,25). The van der Waals surface area contributed by atoms with E-state index in [0.29, 0.717) is 23.5 Å². The molecule has 1 aliphatic rings. The van der Waals surface area contributed by atoms with E-state index in [-0.39, 0.29) is 12.1 Å². The number of aromatic amines is 2. The minimum atomic E-state index is -0.698. The van der Waals surface area contributed by atoms with Gasteiger partial charge in [0.2, 0.25) is 0 Å². The maximum atomic E-state index is 9.69. The van der Waals surface area contributed by atoms with E-state index < -0.39 is 5.41 Å². The van der Waals surface area contributed by atoms with Crippen molar-refractivity contribution in [1.82, 2.24) is 30.7 Å². The molecular weight excluding hydrogens is 330 g/mol. The lowest BCUT2D eigenvalue weighted by Crippen LogP contribution is -2.41. The van der Waals surface area contributed by atoms with Crippen LogP contribution in [0.25, 0.3) is 22.4 Å². The number of fused-ring (bicyclic) bond motifs is 1. The zero-order valence-corrected chi connectivity index (χ0v) is 15.0. The summed E-state index contributed by atoms with van der Waals surface area (Å²) in [7, 11) is 0. The molecule has 0 spiro atoms. The summed E-state index contributed by atoms with van der Waals surface area (Å²) in [5.41, 5.74) is 3.79. The van der Waals surface area contributed by atoms with Gasteiger partial charge in [0.15, 0.2) is 0 Å². The topological polar surface area (TPSA) is 115 Å². The number of rotatable bonds is 3. The van der Waals surface area contributed by atoms with E-state index in [2.05, 4.69) is 38.7 Å². The first kappa shape index (κ1) is 16.7. The lowest BCUT2D eigenvalue weighted by molar-refractivity contribution is -0.00268. The van der Waals surface area contributed by atoms with Crippen molar-refractivity contribution in [3.05, 3.63) is 29.6 Å². The molecule has 134 valence electrons. The quantitative estimate of drug-likeness (QED) is 0.666. The third kappa shape index (κ3) is 2.66.